The van der Waals surface area contributed by atoms with Crippen molar-refractivity contribution >= 4 is 48.8 Å². The quantitative estimate of drug-likeness (QED) is 0.743. The highest BCUT2D eigenvalue weighted by molar-refractivity contribution is 9.10. The monoisotopic (exact) mass is 290 g/mol. The first kappa shape index (κ1) is 13.3. The highest BCUT2D eigenvalue weighted by Crippen LogP contribution is 2.10. The summed E-state index contributed by atoms with van der Waals surface area (Å²) in [6.45, 7) is 3.65. The van der Waals surface area contributed by atoms with E-state index in [0.717, 1.165) is 10.0 Å². The van der Waals surface area contributed by atoms with Gasteiger partial charge >= 0.3 is 0 Å². The maximum Gasteiger partial charge on any atom is 0.156 e. The molecule has 0 fully saturated rings. The molecule has 0 atom stereocenters. The molecule has 5 heteroatoms. The van der Waals surface area contributed by atoms with Crippen LogP contribution in [0.5, 0.6) is 0 Å². The van der Waals surface area contributed by atoms with Crippen molar-refractivity contribution in [2.45, 2.75) is 0 Å². The van der Waals surface area contributed by atoms with E-state index in [1.54, 1.807) is 0 Å². The van der Waals surface area contributed by atoms with Crippen LogP contribution in [-0.2, 0) is 22.5 Å². The minimum atomic E-state index is 0.0521. The Morgan fingerprint density at radius 3 is 2.00 bits per heavy atom. The average Bonchev–Trinajstić information content (AvgIpc) is 2.21. The lowest BCUT2D eigenvalue weighted by Gasteiger charge is -1.90. The Morgan fingerprint density at radius 1 is 1.21 bits per heavy atom. The molecule has 0 radical (unpaired) electrons. The van der Waals surface area contributed by atoms with E-state index in [2.05, 4.69) is 22.5 Å². The molecule has 0 spiro atoms. The predicted molar refractivity (Wildman–Crippen MR) is 65.5 cm³/mol. The summed E-state index contributed by atoms with van der Waals surface area (Å²) < 4.78 is 21.2. The normalized spacial score (nSPS) is 7.50. The third kappa shape index (κ3) is 6.74. The fourth-order valence-corrected chi connectivity index (χ4v) is 0.988. The van der Waals surface area contributed by atoms with Gasteiger partial charge in [-0.05, 0) is 17.7 Å². The molecular formula is C9H7BrO2S2. The summed E-state index contributed by atoms with van der Waals surface area (Å²) in [6, 6.07) is 8.02. The van der Waals surface area contributed by atoms with E-state index in [-0.39, 0.29) is 22.5 Å². The van der Waals surface area contributed by atoms with Gasteiger partial charge in [0.2, 0.25) is 0 Å². The second-order valence-corrected chi connectivity index (χ2v) is 3.92. The first-order valence-electron chi connectivity index (χ1n) is 3.45. The molecular weight excluding hydrogens is 284 g/mol. The van der Waals surface area contributed by atoms with Crippen LogP contribution in [-0.4, -0.2) is 12.7 Å². The van der Waals surface area contributed by atoms with E-state index >= 15 is 0 Å². The van der Waals surface area contributed by atoms with Gasteiger partial charge in [-0.25, -0.2) is 8.42 Å². The summed E-state index contributed by atoms with van der Waals surface area (Å²) in [5.41, 5.74) is 1.15. The smallest absolute Gasteiger partial charge is 0.156 e. The topological polar surface area (TPSA) is 34.1 Å². The summed E-state index contributed by atoms with van der Waals surface area (Å²) in [6.07, 6.45) is 1.83. The molecule has 0 aliphatic rings. The Morgan fingerprint density at radius 2 is 1.71 bits per heavy atom. The molecule has 2 nitrogen and oxygen atoms in total. The lowest BCUT2D eigenvalue weighted by Crippen LogP contribution is -1.67. The fraction of sp³-hybridized carbons (Fsp3) is 0. The van der Waals surface area contributed by atoms with Gasteiger partial charge in [-0.1, -0.05) is 40.7 Å². The van der Waals surface area contributed by atoms with Gasteiger partial charge in [-0.2, -0.15) is 0 Å². The van der Waals surface area contributed by atoms with Crippen molar-refractivity contribution in [3.05, 3.63) is 40.9 Å². The Hall–Kier alpha value is -0.740. The Balaban J connectivity index is 0.000000292. The number of hydrogen-bond acceptors (Lipinski definition) is 2. The van der Waals surface area contributed by atoms with Crippen LogP contribution >= 0.6 is 15.9 Å². The zero-order chi connectivity index (χ0) is 10.8. The van der Waals surface area contributed by atoms with Gasteiger partial charge in [0.25, 0.3) is 0 Å². The van der Waals surface area contributed by atoms with Crippen LogP contribution < -0.4 is 0 Å². The molecule has 0 bridgehead atoms. The van der Waals surface area contributed by atoms with Gasteiger partial charge in [-0.15, -0.1) is 0 Å². The van der Waals surface area contributed by atoms with E-state index in [1.807, 2.05) is 34.7 Å². The van der Waals surface area contributed by atoms with Gasteiger partial charge in [-0.3, -0.25) is 0 Å². The lowest BCUT2D eigenvalue weighted by molar-refractivity contribution is 0.701. The van der Waals surface area contributed by atoms with Crippen LogP contribution in [0.2, 0.25) is 0 Å². The van der Waals surface area contributed by atoms with Crippen molar-refractivity contribution in [2.24, 2.45) is 0 Å². The van der Waals surface area contributed by atoms with Crippen LogP contribution in [0.15, 0.2) is 35.3 Å². The first-order valence-corrected chi connectivity index (χ1v) is 5.73. The van der Waals surface area contributed by atoms with Crippen molar-refractivity contribution in [1.29, 1.82) is 0 Å². The molecule has 0 aliphatic carbocycles. The Kier molecular flexibility index (Phi) is 8.37. The van der Waals surface area contributed by atoms with E-state index in [0.29, 0.717) is 0 Å². The first-order chi connectivity index (χ1) is 6.74. The molecule has 0 N–H and O–H groups in total. The van der Waals surface area contributed by atoms with Crippen molar-refractivity contribution in [3.8, 4) is 0 Å². The van der Waals surface area contributed by atoms with Crippen molar-refractivity contribution in [2.75, 3.05) is 0 Å². The highest BCUT2D eigenvalue weighted by atomic mass is 79.9. The molecule has 0 saturated carbocycles. The van der Waals surface area contributed by atoms with Gasteiger partial charge < -0.3 is 0 Å². The third-order valence-corrected chi connectivity index (χ3v) is 2.25. The molecule has 0 unspecified atom stereocenters. The Labute approximate surface area is 97.9 Å². The Bertz CT molecular complexity index is 385. The summed E-state index contributed by atoms with van der Waals surface area (Å²) in [4.78, 5) is 0. The number of benzene rings is 1. The van der Waals surface area contributed by atoms with Crippen LogP contribution in [0.25, 0.3) is 6.08 Å². The maximum absolute atomic E-state index is 9.11. The van der Waals surface area contributed by atoms with Crippen LogP contribution in [0.4, 0.5) is 0 Å². The van der Waals surface area contributed by atoms with E-state index in [4.69, 9.17) is 8.42 Å². The summed E-state index contributed by atoms with van der Waals surface area (Å²) in [5.74, 6) is 0. The molecule has 0 heterocycles. The molecule has 0 aliphatic heterocycles. The van der Waals surface area contributed by atoms with Gasteiger partial charge in [0.05, 0.1) is 4.31 Å². The number of hydrogen-bond donors (Lipinski definition) is 0. The lowest BCUT2D eigenvalue weighted by atomic mass is 10.2. The molecule has 1 aromatic rings. The molecule has 0 saturated heterocycles. The maximum atomic E-state index is 9.11. The zero-order valence-electron chi connectivity index (χ0n) is 7.10. The minimum absolute atomic E-state index is 0.0521. The molecule has 1 rings (SSSR count). The minimum Gasteiger partial charge on any atom is -0.202 e. The van der Waals surface area contributed by atoms with Crippen molar-refractivity contribution in [3.63, 3.8) is 0 Å². The standard InChI is InChI=1S/C8H7Br.CO2S2/c1-2-7-3-5-8(9)6-4-7;2-4-1-5-3/h2-6H,1H2;. The van der Waals surface area contributed by atoms with Crippen molar-refractivity contribution < 1.29 is 8.42 Å². The average molecular weight is 291 g/mol. The summed E-state index contributed by atoms with van der Waals surface area (Å²) in [7, 11) is 0. The second kappa shape index (κ2) is 8.84. The van der Waals surface area contributed by atoms with E-state index in [9.17, 15) is 0 Å². The van der Waals surface area contributed by atoms with E-state index < -0.39 is 0 Å². The van der Waals surface area contributed by atoms with Crippen LogP contribution in [0, 0.1) is 0 Å². The summed E-state index contributed by atoms with van der Waals surface area (Å²) >= 11 is 3.44. The molecule has 0 aromatic heterocycles. The SMILES string of the molecule is C=Cc1ccc(Br)cc1.O=S=C=S=O. The third-order valence-electron chi connectivity index (χ3n) is 1.17. The van der Waals surface area contributed by atoms with E-state index in [1.165, 1.54) is 0 Å². The van der Waals surface area contributed by atoms with Crippen molar-refractivity contribution in [1.82, 2.24) is 0 Å². The number of halogens is 1. The van der Waals surface area contributed by atoms with Crippen LogP contribution in [0.1, 0.15) is 5.56 Å². The highest BCUT2D eigenvalue weighted by Gasteiger charge is 1.83. The largest absolute Gasteiger partial charge is 0.202 e. The van der Waals surface area contributed by atoms with Gasteiger partial charge in [0.1, 0.15) is 0 Å². The van der Waals surface area contributed by atoms with Crippen LogP contribution in [0.3, 0.4) is 0 Å². The van der Waals surface area contributed by atoms with Gasteiger partial charge in [0, 0.05) is 4.47 Å². The molecule has 74 valence electrons. The fourth-order valence-electron chi connectivity index (χ4n) is 0.613. The van der Waals surface area contributed by atoms with Gasteiger partial charge in [0.15, 0.2) is 22.5 Å². The molecule has 14 heavy (non-hydrogen) atoms. The second-order valence-electron chi connectivity index (χ2n) is 2.01. The predicted octanol–water partition coefficient (Wildman–Crippen LogP) is 2.14. The molecule has 0 amide bonds. The number of rotatable bonds is 1. The zero-order valence-corrected chi connectivity index (χ0v) is 10.3. The summed E-state index contributed by atoms with van der Waals surface area (Å²) in [5, 5.41) is 0. The molecule has 1 aromatic carbocycles.